The molecule has 1 aliphatic rings. The Balaban J connectivity index is 1.52. The predicted molar refractivity (Wildman–Crippen MR) is 103 cm³/mol. The first kappa shape index (κ1) is 20.4. The Labute approximate surface area is 168 Å². The molecule has 150 valence electrons. The van der Waals surface area contributed by atoms with Crippen molar-refractivity contribution in [3.8, 4) is 11.5 Å². The van der Waals surface area contributed by atoms with Crippen LogP contribution in [0.5, 0.6) is 11.5 Å². The number of nitrogens with one attached hydrogen (secondary N) is 1. The van der Waals surface area contributed by atoms with Gasteiger partial charge in [0, 0.05) is 6.42 Å². The van der Waals surface area contributed by atoms with Gasteiger partial charge in [0.05, 0.1) is 9.92 Å². The highest BCUT2D eigenvalue weighted by molar-refractivity contribution is 7.89. The van der Waals surface area contributed by atoms with E-state index in [9.17, 15) is 13.2 Å². The van der Waals surface area contributed by atoms with Crippen molar-refractivity contribution < 1.29 is 27.4 Å². The molecule has 1 N–H and O–H groups in total. The quantitative estimate of drug-likeness (QED) is 0.686. The molecule has 0 radical (unpaired) electrons. The van der Waals surface area contributed by atoms with Crippen LogP contribution in [-0.2, 0) is 32.6 Å². The van der Waals surface area contributed by atoms with E-state index in [1.165, 1.54) is 19.2 Å². The summed E-state index contributed by atoms with van der Waals surface area (Å²) in [6, 6.07) is 9.79. The standard InChI is InChI=1S/C19H20ClNO6S/c1-21-28(23,24)15-5-2-13(3-6-15)4-7-18(22)27-12-14-10-16(20)19-17(11-14)25-8-9-26-19/h2-3,5-6,10-11,21H,4,7-9,12H2,1H3. The summed E-state index contributed by atoms with van der Waals surface area (Å²) in [4.78, 5) is 12.2. The maximum absolute atomic E-state index is 12.0. The molecule has 0 bridgehead atoms. The number of hydrogen-bond acceptors (Lipinski definition) is 6. The van der Waals surface area contributed by atoms with E-state index in [1.54, 1.807) is 24.3 Å². The fraction of sp³-hybridized carbons (Fsp3) is 0.316. The van der Waals surface area contributed by atoms with Crippen LogP contribution in [0.2, 0.25) is 5.02 Å². The minimum Gasteiger partial charge on any atom is -0.486 e. The normalized spacial score (nSPS) is 13.2. The van der Waals surface area contributed by atoms with Gasteiger partial charge in [-0.15, -0.1) is 0 Å². The first-order valence-corrected chi connectivity index (χ1v) is 10.5. The first-order chi connectivity index (χ1) is 13.4. The summed E-state index contributed by atoms with van der Waals surface area (Å²) in [7, 11) is -2.11. The molecule has 0 saturated carbocycles. The van der Waals surface area contributed by atoms with Crippen molar-refractivity contribution in [1.29, 1.82) is 0 Å². The second kappa shape index (κ2) is 8.81. The van der Waals surface area contributed by atoms with Gasteiger partial charge in [-0.3, -0.25) is 4.79 Å². The Morgan fingerprint density at radius 1 is 1.14 bits per heavy atom. The highest BCUT2D eigenvalue weighted by atomic mass is 35.5. The second-order valence-corrected chi connectivity index (χ2v) is 8.41. The maximum atomic E-state index is 12.0. The molecular weight excluding hydrogens is 406 g/mol. The zero-order chi connectivity index (χ0) is 20.1. The monoisotopic (exact) mass is 425 g/mol. The molecule has 0 aromatic heterocycles. The van der Waals surface area contributed by atoms with Gasteiger partial charge in [0.1, 0.15) is 19.8 Å². The Kier molecular flexibility index (Phi) is 6.43. The minimum atomic E-state index is -3.47. The third kappa shape index (κ3) is 4.95. The zero-order valence-electron chi connectivity index (χ0n) is 15.2. The molecule has 0 fully saturated rings. The van der Waals surface area contributed by atoms with Crippen molar-refractivity contribution in [2.45, 2.75) is 24.3 Å². The summed E-state index contributed by atoms with van der Waals surface area (Å²) in [6.07, 6.45) is 0.622. The lowest BCUT2D eigenvalue weighted by Crippen LogP contribution is -2.18. The lowest BCUT2D eigenvalue weighted by atomic mass is 10.1. The third-order valence-corrected chi connectivity index (χ3v) is 5.89. The summed E-state index contributed by atoms with van der Waals surface area (Å²) in [5.41, 5.74) is 1.55. The van der Waals surface area contributed by atoms with Gasteiger partial charge in [0.2, 0.25) is 10.0 Å². The van der Waals surface area contributed by atoms with Gasteiger partial charge in [0.25, 0.3) is 0 Å². The van der Waals surface area contributed by atoms with E-state index >= 15 is 0 Å². The molecule has 0 saturated heterocycles. The molecule has 7 nitrogen and oxygen atoms in total. The van der Waals surface area contributed by atoms with Crippen molar-refractivity contribution >= 4 is 27.6 Å². The summed E-state index contributed by atoms with van der Waals surface area (Å²) in [5.74, 6) is 0.686. The van der Waals surface area contributed by atoms with Gasteiger partial charge < -0.3 is 14.2 Å². The van der Waals surface area contributed by atoms with Crippen molar-refractivity contribution in [2.75, 3.05) is 20.3 Å². The molecule has 2 aromatic carbocycles. The number of rotatable bonds is 7. The van der Waals surface area contributed by atoms with Crippen LogP contribution in [0, 0.1) is 0 Å². The van der Waals surface area contributed by atoms with Gasteiger partial charge in [-0.05, 0) is 48.9 Å². The van der Waals surface area contributed by atoms with Crippen LogP contribution < -0.4 is 14.2 Å². The molecular formula is C19H20ClNO6S. The predicted octanol–water partition coefficient (Wildman–Crippen LogP) is 2.70. The number of hydrogen-bond donors (Lipinski definition) is 1. The molecule has 0 spiro atoms. The molecule has 9 heteroatoms. The Hall–Kier alpha value is -2.29. The van der Waals surface area contributed by atoms with Crippen LogP contribution >= 0.6 is 11.6 Å². The Morgan fingerprint density at radius 3 is 2.57 bits per heavy atom. The van der Waals surface area contributed by atoms with Gasteiger partial charge in [-0.2, -0.15) is 0 Å². The molecule has 1 aliphatic heterocycles. The van der Waals surface area contributed by atoms with E-state index in [4.69, 9.17) is 25.8 Å². The van der Waals surface area contributed by atoms with Crippen LogP contribution in [0.4, 0.5) is 0 Å². The van der Waals surface area contributed by atoms with Crippen molar-refractivity contribution in [3.63, 3.8) is 0 Å². The second-order valence-electron chi connectivity index (χ2n) is 6.11. The largest absolute Gasteiger partial charge is 0.486 e. The topological polar surface area (TPSA) is 90.9 Å². The smallest absolute Gasteiger partial charge is 0.306 e. The average molecular weight is 426 g/mol. The number of halogens is 1. The first-order valence-electron chi connectivity index (χ1n) is 8.65. The Bertz CT molecular complexity index is 959. The van der Waals surface area contributed by atoms with Crippen molar-refractivity contribution in [2.24, 2.45) is 0 Å². The van der Waals surface area contributed by atoms with Crippen LogP contribution in [-0.4, -0.2) is 34.6 Å². The summed E-state index contributed by atoms with van der Waals surface area (Å²) >= 11 is 6.17. The van der Waals surface area contributed by atoms with E-state index in [1.807, 2.05) is 0 Å². The van der Waals surface area contributed by atoms with Crippen LogP contribution in [0.1, 0.15) is 17.5 Å². The van der Waals surface area contributed by atoms with Crippen LogP contribution in [0.3, 0.4) is 0 Å². The van der Waals surface area contributed by atoms with Crippen molar-refractivity contribution in [1.82, 2.24) is 4.72 Å². The molecule has 1 heterocycles. The van der Waals surface area contributed by atoms with E-state index in [0.717, 1.165) is 5.56 Å². The average Bonchev–Trinajstić information content (AvgIpc) is 2.71. The summed E-state index contributed by atoms with van der Waals surface area (Å²) < 4.78 is 41.9. The van der Waals surface area contributed by atoms with Gasteiger partial charge in [-0.25, -0.2) is 13.1 Å². The summed E-state index contributed by atoms with van der Waals surface area (Å²) in [5, 5.41) is 0.417. The van der Waals surface area contributed by atoms with E-state index < -0.39 is 10.0 Å². The van der Waals surface area contributed by atoms with Gasteiger partial charge in [0.15, 0.2) is 11.5 Å². The minimum absolute atomic E-state index is 0.0779. The van der Waals surface area contributed by atoms with E-state index in [0.29, 0.717) is 41.7 Å². The van der Waals surface area contributed by atoms with E-state index in [-0.39, 0.29) is 23.9 Å². The number of carbonyl (C=O) groups is 1. The molecule has 0 aliphatic carbocycles. The van der Waals surface area contributed by atoms with Gasteiger partial charge >= 0.3 is 5.97 Å². The lowest BCUT2D eigenvalue weighted by molar-refractivity contribution is -0.144. The molecule has 2 aromatic rings. The zero-order valence-corrected chi connectivity index (χ0v) is 16.8. The SMILES string of the molecule is CNS(=O)(=O)c1ccc(CCC(=O)OCc2cc(Cl)c3c(c2)OCCO3)cc1. The van der Waals surface area contributed by atoms with E-state index in [2.05, 4.69) is 4.72 Å². The fourth-order valence-electron chi connectivity index (χ4n) is 2.68. The van der Waals surface area contributed by atoms with Crippen LogP contribution in [0.25, 0.3) is 0 Å². The van der Waals surface area contributed by atoms with Gasteiger partial charge in [-0.1, -0.05) is 23.7 Å². The molecule has 3 rings (SSSR count). The highest BCUT2D eigenvalue weighted by Gasteiger charge is 2.17. The number of carbonyl (C=O) groups excluding carboxylic acids is 1. The summed E-state index contributed by atoms with van der Waals surface area (Å²) in [6.45, 7) is 0.971. The molecule has 28 heavy (non-hydrogen) atoms. The molecule has 0 atom stereocenters. The van der Waals surface area contributed by atoms with Crippen LogP contribution in [0.15, 0.2) is 41.3 Å². The number of esters is 1. The lowest BCUT2D eigenvalue weighted by Gasteiger charge is -2.20. The number of fused-ring (bicyclic) bond motifs is 1. The molecule has 0 amide bonds. The number of sulfonamides is 1. The molecule has 0 unspecified atom stereocenters. The van der Waals surface area contributed by atoms with Crippen molar-refractivity contribution in [3.05, 3.63) is 52.5 Å². The maximum Gasteiger partial charge on any atom is 0.306 e. The Morgan fingerprint density at radius 2 is 1.86 bits per heavy atom. The highest BCUT2D eigenvalue weighted by Crippen LogP contribution is 2.38. The third-order valence-electron chi connectivity index (χ3n) is 4.18. The number of ether oxygens (including phenoxy) is 3. The fourth-order valence-corrected chi connectivity index (χ4v) is 3.70. The number of aryl methyl sites for hydroxylation is 1. The number of benzene rings is 2.